The minimum absolute atomic E-state index is 0.222. The quantitative estimate of drug-likeness (QED) is 0.472. The summed E-state index contributed by atoms with van der Waals surface area (Å²) in [6, 6.07) is 7.73. The largest absolute Gasteiger partial charge is 0.465 e. The van der Waals surface area contributed by atoms with Crippen molar-refractivity contribution in [2.75, 3.05) is 12.4 Å². The summed E-state index contributed by atoms with van der Waals surface area (Å²) in [7, 11) is 0. The van der Waals surface area contributed by atoms with Gasteiger partial charge < -0.3 is 4.74 Å². The summed E-state index contributed by atoms with van der Waals surface area (Å²) in [5, 5.41) is 1.77. The van der Waals surface area contributed by atoms with E-state index in [1.165, 1.54) is 18.1 Å². The van der Waals surface area contributed by atoms with Crippen molar-refractivity contribution >= 4 is 28.6 Å². The van der Waals surface area contributed by atoms with Crippen LogP contribution >= 0.6 is 11.8 Å². The van der Waals surface area contributed by atoms with Crippen LogP contribution in [0.2, 0.25) is 0 Å². The molecule has 0 radical (unpaired) electrons. The maximum Gasteiger partial charge on any atom is 0.316 e. The highest BCUT2D eigenvalue weighted by atomic mass is 32.2. The Morgan fingerprint density at radius 3 is 3.00 bits per heavy atom. The van der Waals surface area contributed by atoms with Gasteiger partial charge in [-0.3, -0.25) is 4.79 Å². The molecule has 0 aliphatic heterocycles. The molecule has 2 rings (SSSR count). The van der Waals surface area contributed by atoms with Gasteiger partial charge in [-0.2, -0.15) is 0 Å². The van der Waals surface area contributed by atoms with Crippen LogP contribution in [0.4, 0.5) is 0 Å². The zero-order chi connectivity index (χ0) is 12.1. The van der Waals surface area contributed by atoms with Gasteiger partial charge in [0.1, 0.15) is 11.4 Å². The monoisotopic (exact) mass is 248 g/mol. The summed E-state index contributed by atoms with van der Waals surface area (Å²) in [5.74, 6) is 0.0506. The van der Waals surface area contributed by atoms with Crippen LogP contribution in [0.15, 0.2) is 35.6 Å². The van der Waals surface area contributed by atoms with Crippen LogP contribution in [-0.2, 0) is 9.53 Å². The van der Waals surface area contributed by atoms with Crippen molar-refractivity contribution in [1.29, 1.82) is 0 Å². The number of benzene rings is 1. The van der Waals surface area contributed by atoms with E-state index in [2.05, 4.69) is 9.97 Å². The second-order valence-corrected chi connectivity index (χ2v) is 4.25. The maximum atomic E-state index is 11.3. The first-order valence-electron chi connectivity index (χ1n) is 5.29. The van der Waals surface area contributed by atoms with Crippen molar-refractivity contribution in [3.05, 3.63) is 30.6 Å². The Kier molecular flexibility index (Phi) is 3.93. The van der Waals surface area contributed by atoms with Gasteiger partial charge in [-0.05, 0) is 13.0 Å². The van der Waals surface area contributed by atoms with Crippen molar-refractivity contribution in [1.82, 2.24) is 9.97 Å². The van der Waals surface area contributed by atoms with Crippen molar-refractivity contribution in [2.24, 2.45) is 0 Å². The number of nitrogens with zero attached hydrogens (tertiary/aromatic N) is 2. The smallest absolute Gasteiger partial charge is 0.316 e. The Hall–Kier alpha value is -1.62. The molecular weight excluding hydrogens is 236 g/mol. The predicted octanol–water partition coefficient (Wildman–Crippen LogP) is 2.29. The predicted molar refractivity (Wildman–Crippen MR) is 66.9 cm³/mol. The molecular formula is C12H12N2O2S. The minimum Gasteiger partial charge on any atom is -0.465 e. The topological polar surface area (TPSA) is 52.1 Å². The van der Waals surface area contributed by atoms with E-state index in [0.717, 1.165) is 15.9 Å². The van der Waals surface area contributed by atoms with Crippen LogP contribution in [0.5, 0.6) is 0 Å². The first-order chi connectivity index (χ1) is 8.31. The van der Waals surface area contributed by atoms with E-state index < -0.39 is 0 Å². The van der Waals surface area contributed by atoms with E-state index in [-0.39, 0.29) is 11.7 Å². The van der Waals surface area contributed by atoms with E-state index in [1.54, 1.807) is 6.92 Å². The summed E-state index contributed by atoms with van der Waals surface area (Å²) in [5.41, 5.74) is 0.883. The normalized spacial score (nSPS) is 10.4. The summed E-state index contributed by atoms with van der Waals surface area (Å²) >= 11 is 1.37. The Morgan fingerprint density at radius 1 is 1.35 bits per heavy atom. The molecule has 1 aromatic carbocycles. The first-order valence-corrected chi connectivity index (χ1v) is 6.28. The number of fused-ring (bicyclic) bond motifs is 1. The van der Waals surface area contributed by atoms with E-state index in [0.29, 0.717) is 6.61 Å². The number of ether oxygens (including phenoxy) is 1. The van der Waals surface area contributed by atoms with Gasteiger partial charge in [0.05, 0.1) is 17.9 Å². The molecule has 0 aliphatic rings. The SMILES string of the molecule is CCOC(=O)CSc1ncnc2ccccc12. The molecule has 2 aromatic rings. The molecule has 0 unspecified atom stereocenters. The average molecular weight is 248 g/mol. The van der Waals surface area contributed by atoms with E-state index in [4.69, 9.17) is 4.74 Å². The number of thioether (sulfide) groups is 1. The van der Waals surface area contributed by atoms with Crippen LogP contribution in [0, 0.1) is 0 Å². The van der Waals surface area contributed by atoms with Crippen LogP contribution in [0.25, 0.3) is 10.9 Å². The number of rotatable bonds is 4. The fraction of sp³-hybridized carbons (Fsp3) is 0.250. The Bertz CT molecular complexity index is 525. The van der Waals surface area contributed by atoms with E-state index in [9.17, 15) is 4.79 Å². The lowest BCUT2D eigenvalue weighted by Crippen LogP contribution is -2.06. The van der Waals surface area contributed by atoms with Crippen LogP contribution in [-0.4, -0.2) is 28.3 Å². The van der Waals surface area contributed by atoms with Crippen LogP contribution < -0.4 is 0 Å². The van der Waals surface area contributed by atoms with Crippen molar-refractivity contribution in [2.45, 2.75) is 11.9 Å². The highest BCUT2D eigenvalue weighted by Crippen LogP contribution is 2.23. The second kappa shape index (κ2) is 5.63. The van der Waals surface area contributed by atoms with Gasteiger partial charge in [-0.15, -0.1) is 0 Å². The highest BCUT2D eigenvalue weighted by molar-refractivity contribution is 8.00. The lowest BCUT2D eigenvalue weighted by atomic mass is 10.2. The van der Waals surface area contributed by atoms with E-state index in [1.807, 2.05) is 24.3 Å². The summed E-state index contributed by atoms with van der Waals surface area (Å²) in [6.45, 7) is 2.20. The molecule has 0 fully saturated rings. The van der Waals surface area contributed by atoms with Gasteiger partial charge in [0.25, 0.3) is 0 Å². The van der Waals surface area contributed by atoms with Gasteiger partial charge in [0.2, 0.25) is 0 Å². The molecule has 5 heteroatoms. The molecule has 0 N–H and O–H groups in total. The number of carbonyl (C=O) groups excluding carboxylic acids is 1. The number of hydrogen-bond acceptors (Lipinski definition) is 5. The zero-order valence-electron chi connectivity index (χ0n) is 9.42. The van der Waals surface area contributed by atoms with Gasteiger partial charge in [-0.25, -0.2) is 9.97 Å². The molecule has 1 heterocycles. The maximum absolute atomic E-state index is 11.3. The number of carbonyl (C=O) groups is 1. The van der Waals surface area contributed by atoms with Crippen molar-refractivity contribution in [3.8, 4) is 0 Å². The molecule has 0 atom stereocenters. The summed E-state index contributed by atoms with van der Waals surface area (Å²) in [6.07, 6.45) is 1.51. The van der Waals surface area contributed by atoms with Crippen molar-refractivity contribution < 1.29 is 9.53 Å². The number of esters is 1. The Morgan fingerprint density at radius 2 is 2.18 bits per heavy atom. The molecule has 0 bridgehead atoms. The average Bonchev–Trinajstić information content (AvgIpc) is 2.36. The Balaban J connectivity index is 2.16. The van der Waals surface area contributed by atoms with Gasteiger partial charge >= 0.3 is 5.97 Å². The van der Waals surface area contributed by atoms with Crippen LogP contribution in [0.3, 0.4) is 0 Å². The lowest BCUT2D eigenvalue weighted by Gasteiger charge is -2.04. The lowest BCUT2D eigenvalue weighted by molar-refractivity contribution is -0.139. The van der Waals surface area contributed by atoms with Gasteiger partial charge in [0, 0.05) is 5.39 Å². The van der Waals surface area contributed by atoms with Crippen LogP contribution in [0.1, 0.15) is 6.92 Å². The number of para-hydroxylation sites is 1. The molecule has 88 valence electrons. The van der Waals surface area contributed by atoms with Crippen molar-refractivity contribution in [3.63, 3.8) is 0 Å². The molecule has 0 saturated heterocycles. The Labute approximate surface area is 103 Å². The molecule has 17 heavy (non-hydrogen) atoms. The second-order valence-electron chi connectivity index (χ2n) is 3.29. The first kappa shape index (κ1) is 11.9. The zero-order valence-corrected chi connectivity index (χ0v) is 10.2. The summed E-state index contributed by atoms with van der Waals surface area (Å²) < 4.78 is 4.87. The molecule has 0 amide bonds. The highest BCUT2D eigenvalue weighted by Gasteiger charge is 2.07. The molecule has 0 saturated carbocycles. The number of aromatic nitrogens is 2. The molecule has 0 spiro atoms. The third kappa shape index (κ3) is 2.94. The van der Waals surface area contributed by atoms with Gasteiger partial charge in [0.15, 0.2) is 0 Å². The molecule has 4 nitrogen and oxygen atoms in total. The van der Waals surface area contributed by atoms with Gasteiger partial charge in [-0.1, -0.05) is 30.0 Å². The van der Waals surface area contributed by atoms with E-state index >= 15 is 0 Å². The third-order valence-electron chi connectivity index (χ3n) is 2.14. The molecule has 1 aromatic heterocycles. The summed E-state index contributed by atoms with van der Waals surface area (Å²) in [4.78, 5) is 19.6. The fourth-order valence-electron chi connectivity index (χ4n) is 1.43. The fourth-order valence-corrected chi connectivity index (χ4v) is 2.21. The minimum atomic E-state index is -0.222. The third-order valence-corrected chi connectivity index (χ3v) is 3.12. The number of hydrogen-bond donors (Lipinski definition) is 0. The standard InChI is InChI=1S/C12H12N2O2S/c1-2-16-11(15)7-17-12-9-5-3-4-6-10(9)13-8-14-12/h3-6,8H,2,7H2,1H3. The molecule has 0 aliphatic carbocycles.